The van der Waals surface area contributed by atoms with E-state index in [-0.39, 0.29) is 5.91 Å². The summed E-state index contributed by atoms with van der Waals surface area (Å²) in [6.45, 7) is 6.93. The minimum atomic E-state index is 0.0481. The number of fused-ring (bicyclic) bond motifs is 1. The van der Waals surface area contributed by atoms with Crippen molar-refractivity contribution >= 4 is 16.9 Å². The second-order valence-corrected chi connectivity index (χ2v) is 6.94. The third-order valence-electron chi connectivity index (χ3n) is 5.13. The Bertz CT molecular complexity index is 717. The molecule has 0 N–H and O–H groups in total. The molecule has 1 aliphatic heterocycles. The standard InChI is InChI=1S/C19H24N2O2/c1-14-16-5-2-3-6-17(16)23-18(14)19(22)21-10-4-9-20(11-12-21)13-15-7-8-15/h2-3,5-6,15H,4,7-13H2,1H3. The van der Waals surface area contributed by atoms with Crippen molar-refractivity contribution in [2.24, 2.45) is 5.92 Å². The van der Waals surface area contributed by atoms with E-state index >= 15 is 0 Å². The maximum absolute atomic E-state index is 12.9. The number of rotatable bonds is 3. The number of nitrogens with zero attached hydrogens (tertiary/aromatic N) is 2. The molecule has 1 aliphatic carbocycles. The maximum atomic E-state index is 12.9. The van der Waals surface area contributed by atoms with Gasteiger partial charge in [-0.15, -0.1) is 0 Å². The molecule has 1 aromatic carbocycles. The lowest BCUT2D eigenvalue weighted by Gasteiger charge is -2.21. The lowest BCUT2D eigenvalue weighted by molar-refractivity contribution is 0.0730. The zero-order valence-corrected chi connectivity index (χ0v) is 13.8. The molecule has 4 nitrogen and oxygen atoms in total. The van der Waals surface area contributed by atoms with Gasteiger partial charge < -0.3 is 14.2 Å². The predicted octanol–water partition coefficient (Wildman–Crippen LogP) is 3.30. The van der Waals surface area contributed by atoms with Crippen molar-refractivity contribution in [3.63, 3.8) is 0 Å². The second kappa shape index (κ2) is 6.00. The third kappa shape index (κ3) is 3.00. The highest BCUT2D eigenvalue weighted by atomic mass is 16.3. The number of carbonyl (C=O) groups excluding carboxylic acids is 1. The molecule has 0 atom stereocenters. The van der Waals surface area contributed by atoms with E-state index in [0.29, 0.717) is 5.76 Å². The first kappa shape index (κ1) is 14.8. The summed E-state index contributed by atoms with van der Waals surface area (Å²) in [5.74, 6) is 1.48. The summed E-state index contributed by atoms with van der Waals surface area (Å²) in [6, 6.07) is 7.88. The predicted molar refractivity (Wildman–Crippen MR) is 90.6 cm³/mol. The molecule has 1 saturated heterocycles. The van der Waals surface area contributed by atoms with E-state index in [0.717, 1.165) is 55.1 Å². The number of carbonyl (C=O) groups is 1. The highest BCUT2D eigenvalue weighted by molar-refractivity contribution is 5.98. The van der Waals surface area contributed by atoms with Crippen molar-refractivity contribution in [2.75, 3.05) is 32.7 Å². The summed E-state index contributed by atoms with van der Waals surface area (Å²) in [5.41, 5.74) is 1.77. The van der Waals surface area contributed by atoms with E-state index in [9.17, 15) is 4.79 Å². The molecule has 1 aromatic heterocycles. The smallest absolute Gasteiger partial charge is 0.289 e. The number of furan rings is 1. The topological polar surface area (TPSA) is 36.7 Å². The van der Waals surface area contributed by atoms with Crippen LogP contribution in [0.1, 0.15) is 35.4 Å². The average Bonchev–Trinajstić information content (AvgIpc) is 3.35. The van der Waals surface area contributed by atoms with Gasteiger partial charge in [-0.1, -0.05) is 18.2 Å². The van der Waals surface area contributed by atoms with Gasteiger partial charge in [-0.25, -0.2) is 0 Å². The normalized spacial score (nSPS) is 20.0. The highest BCUT2D eigenvalue weighted by Gasteiger charge is 2.28. The minimum absolute atomic E-state index is 0.0481. The zero-order valence-electron chi connectivity index (χ0n) is 13.8. The van der Waals surface area contributed by atoms with Crippen molar-refractivity contribution in [1.82, 2.24) is 9.80 Å². The van der Waals surface area contributed by atoms with Crippen LogP contribution in [0.3, 0.4) is 0 Å². The van der Waals surface area contributed by atoms with Gasteiger partial charge in [-0.3, -0.25) is 4.79 Å². The van der Waals surface area contributed by atoms with Crippen molar-refractivity contribution in [3.05, 3.63) is 35.6 Å². The van der Waals surface area contributed by atoms with Gasteiger partial charge in [0.15, 0.2) is 5.76 Å². The summed E-state index contributed by atoms with van der Waals surface area (Å²) >= 11 is 0. The molecule has 2 aromatic rings. The van der Waals surface area contributed by atoms with Gasteiger partial charge in [0.1, 0.15) is 5.58 Å². The van der Waals surface area contributed by atoms with Crippen LogP contribution < -0.4 is 0 Å². The number of amides is 1. The van der Waals surface area contributed by atoms with Crippen molar-refractivity contribution in [1.29, 1.82) is 0 Å². The summed E-state index contributed by atoms with van der Waals surface area (Å²) in [5, 5.41) is 1.04. The van der Waals surface area contributed by atoms with E-state index < -0.39 is 0 Å². The minimum Gasteiger partial charge on any atom is -0.451 e. The van der Waals surface area contributed by atoms with Crippen LogP contribution in [0.4, 0.5) is 0 Å². The van der Waals surface area contributed by atoms with Crippen molar-refractivity contribution < 1.29 is 9.21 Å². The lowest BCUT2D eigenvalue weighted by Crippen LogP contribution is -2.35. The molecule has 122 valence electrons. The highest BCUT2D eigenvalue weighted by Crippen LogP contribution is 2.30. The van der Waals surface area contributed by atoms with Gasteiger partial charge >= 0.3 is 0 Å². The molecular weight excluding hydrogens is 288 g/mol. The second-order valence-electron chi connectivity index (χ2n) is 6.94. The van der Waals surface area contributed by atoms with E-state index in [1.54, 1.807) is 0 Å². The molecule has 4 heteroatoms. The van der Waals surface area contributed by atoms with Gasteiger partial charge in [0.05, 0.1) is 0 Å². The number of hydrogen-bond donors (Lipinski definition) is 0. The van der Waals surface area contributed by atoms with Crippen LogP contribution in [-0.2, 0) is 0 Å². The first-order valence-electron chi connectivity index (χ1n) is 8.72. The first-order valence-corrected chi connectivity index (χ1v) is 8.72. The Balaban J connectivity index is 1.50. The molecule has 2 aliphatic rings. The summed E-state index contributed by atoms with van der Waals surface area (Å²) in [7, 11) is 0. The Kier molecular flexibility index (Phi) is 3.85. The Morgan fingerprint density at radius 1 is 1.17 bits per heavy atom. The Hall–Kier alpha value is -1.81. The molecule has 0 spiro atoms. The fourth-order valence-corrected chi connectivity index (χ4v) is 3.54. The van der Waals surface area contributed by atoms with E-state index in [2.05, 4.69) is 4.90 Å². The van der Waals surface area contributed by atoms with Crippen LogP contribution in [-0.4, -0.2) is 48.4 Å². The zero-order chi connectivity index (χ0) is 15.8. The van der Waals surface area contributed by atoms with Crippen LogP contribution in [0, 0.1) is 12.8 Å². The van der Waals surface area contributed by atoms with Crippen LogP contribution in [0.25, 0.3) is 11.0 Å². The average molecular weight is 312 g/mol. The quantitative estimate of drug-likeness (QED) is 0.872. The SMILES string of the molecule is Cc1c(C(=O)N2CCCN(CC3CC3)CC2)oc2ccccc12. The van der Waals surface area contributed by atoms with Gasteiger partial charge in [0, 0.05) is 37.1 Å². The molecule has 0 unspecified atom stereocenters. The molecule has 23 heavy (non-hydrogen) atoms. The van der Waals surface area contributed by atoms with Gasteiger partial charge in [0.25, 0.3) is 5.91 Å². The van der Waals surface area contributed by atoms with Crippen LogP contribution >= 0.6 is 0 Å². The molecule has 4 rings (SSSR count). The Morgan fingerprint density at radius 2 is 2.00 bits per heavy atom. The molecule has 2 heterocycles. The van der Waals surface area contributed by atoms with E-state index in [1.165, 1.54) is 19.4 Å². The maximum Gasteiger partial charge on any atom is 0.289 e. The summed E-state index contributed by atoms with van der Waals surface area (Å²) < 4.78 is 5.85. The van der Waals surface area contributed by atoms with Crippen LogP contribution in [0.5, 0.6) is 0 Å². The van der Waals surface area contributed by atoms with Crippen molar-refractivity contribution in [3.8, 4) is 0 Å². The lowest BCUT2D eigenvalue weighted by atomic mass is 10.1. The van der Waals surface area contributed by atoms with Gasteiger partial charge in [-0.05, 0) is 44.7 Å². The van der Waals surface area contributed by atoms with E-state index in [4.69, 9.17) is 4.42 Å². The van der Waals surface area contributed by atoms with Crippen LogP contribution in [0.15, 0.2) is 28.7 Å². The van der Waals surface area contributed by atoms with Gasteiger partial charge in [-0.2, -0.15) is 0 Å². The fraction of sp³-hybridized carbons (Fsp3) is 0.526. The van der Waals surface area contributed by atoms with Crippen LogP contribution in [0.2, 0.25) is 0 Å². The number of hydrogen-bond acceptors (Lipinski definition) is 3. The molecule has 2 fully saturated rings. The molecule has 0 bridgehead atoms. The summed E-state index contributed by atoms with van der Waals surface area (Å²) in [6.07, 6.45) is 3.83. The number of para-hydroxylation sites is 1. The van der Waals surface area contributed by atoms with Gasteiger partial charge in [0.2, 0.25) is 0 Å². The van der Waals surface area contributed by atoms with Crippen molar-refractivity contribution in [2.45, 2.75) is 26.2 Å². The molecule has 1 amide bonds. The first-order chi connectivity index (χ1) is 11.2. The van der Waals surface area contributed by atoms with E-state index in [1.807, 2.05) is 36.1 Å². The molecule has 0 radical (unpaired) electrons. The number of benzene rings is 1. The largest absolute Gasteiger partial charge is 0.451 e. The molecule has 1 saturated carbocycles. The Morgan fingerprint density at radius 3 is 2.78 bits per heavy atom. The number of aryl methyl sites for hydroxylation is 1. The summed E-state index contributed by atoms with van der Waals surface area (Å²) in [4.78, 5) is 17.4. The molecular formula is C19H24N2O2. The third-order valence-corrected chi connectivity index (χ3v) is 5.13. The fourth-order valence-electron chi connectivity index (χ4n) is 3.54. The monoisotopic (exact) mass is 312 g/mol. The Labute approximate surface area is 137 Å².